The van der Waals surface area contributed by atoms with Gasteiger partial charge in [-0.1, -0.05) is 29.8 Å². The molecule has 1 saturated heterocycles. The van der Waals surface area contributed by atoms with E-state index in [0.29, 0.717) is 11.3 Å². The van der Waals surface area contributed by atoms with Gasteiger partial charge in [-0.15, -0.1) is 0 Å². The maximum Gasteiger partial charge on any atom is 0.414 e. The highest BCUT2D eigenvalue weighted by Gasteiger charge is 2.44. The number of hydrogen-bond acceptors (Lipinski definition) is 8. The number of sulfonamides is 1. The lowest BCUT2D eigenvalue weighted by Crippen LogP contribution is -2.52. The molecule has 1 heterocycles. The van der Waals surface area contributed by atoms with Crippen LogP contribution in [0, 0.1) is 6.92 Å². The number of aryl methyl sites for hydroxylation is 1. The number of nitrogens with one attached hydrogen (secondary N) is 1. The van der Waals surface area contributed by atoms with Crippen LogP contribution in [0.3, 0.4) is 0 Å². The van der Waals surface area contributed by atoms with Crippen LogP contribution in [0.1, 0.15) is 38.3 Å². The van der Waals surface area contributed by atoms with Crippen molar-refractivity contribution in [3.05, 3.63) is 59.7 Å². The van der Waals surface area contributed by atoms with Gasteiger partial charge in [-0.25, -0.2) is 18.0 Å². The van der Waals surface area contributed by atoms with Crippen LogP contribution in [-0.2, 0) is 30.8 Å². The van der Waals surface area contributed by atoms with Crippen LogP contribution in [-0.4, -0.2) is 85.1 Å². The van der Waals surface area contributed by atoms with E-state index in [0.717, 1.165) is 9.87 Å². The first-order valence-electron chi connectivity index (χ1n) is 12.8. The van der Waals surface area contributed by atoms with E-state index in [1.807, 2.05) is 6.92 Å². The quantitative estimate of drug-likeness (QED) is 0.457. The lowest BCUT2D eigenvalue weighted by molar-refractivity contribution is -0.158. The number of rotatable bonds is 8. The third-order valence-electron chi connectivity index (χ3n) is 6.11. The van der Waals surface area contributed by atoms with Crippen molar-refractivity contribution in [2.75, 3.05) is 20.6 Å². The molecule has 2 amide bonds. The lowest BCUT2D eigenvalue weighted by Gasteiger charge is -2.27. The number of ether oxygens (including phenoxy) is 2. The smallest absolute Gasteiger partial charge is 0.414 e. The number of nitrogens with zero attached hydrogens (tertiary/aromatic N) is 2. The van der Waals surface area contributed by atoms with Gasteiger partial charge in [0, 0.05) is 33.5 Å². The molecule has 2 aromatic rings. The Kier molecular flexibility index (Phi) is 9.60. The molecule has 0 saturated carbocycles. The summed E-state index contributed by atoms with van der Waals surface area (Å²) in [7, 11) is -0.982. The highest BCUT2D eigenvalue weighted by Crippen LogP contribution is 2.27. The van der Waals surface area contributed by atoms with Crippen molar-refractivity contribution in [3.8, 4) is 5.75 Å². The van der Waals surface area contributed by atoms with Crippen LogP contribution in [0.5, 0.6) is 5.75 Å². The average Bonchev–Trinajstić information content (AvgIpc) is 3.26. The molecular weight excluding hydrogens is 538 g/mol. The van der Waals surface area contributed by atoms with E-state index in [4.69, 9.17) is 9.47 Å². The number of hydrogen-bond donors (Lipinski definition) is 2. The van der Waals surface area contributed by atoms with Crippen LogP contribution < -0.4 is 10.1 Å². The minimum atomic E-state index is -4.10. The molecule has 0 spiro atoms. The molecule has 1 aliphatic heterocycles. The zero-order valence-electron chi connectivity index (χ0n) is 23.6. The SMILES string of the molecule is Cc1ccc(S(=O)(=O)N2CC(O)C[C@H]2C(=O)N[C@@H](Cc2ccc(OC(=O)N(C)C)cc2)C(=O)OC(C)(C)C)cc1. The normalized spacial score (nSPS) is 18.6. The Bertz CT molecular complexity index is 1320. The molecule has 0 aromatic heterocycles. The first-order chi connectivity index (χ1) is 18.6. The van der Waals surface area contributed by atoms with E-state index in [2.05, 4.69) is 5.32 Å². The number of aliphatic hydroxyl groups excluding tert-OH is 1. The number of esters is 1. The Balaban J connectivity index is 1.82. The number of carbonyl (C=O) groups excluding carboxylic acids is 3. The average molecular weight is 576 g/mol. The fraction of sp³-hybridized carbons (Fsp3) is 0.464. The van der Waals surface area contributed by atoms with Crippen molar-refractivity contribution in [1.29, 1.82) is 0 Å². The third-order valence-corrected chi connectivity index (χ3v) is 7.99. The second-order valence-corrected chi connectivity index (χ2v) is 12.9. The molecule has 11 nitrogen and oxygen atoms in total. The van der Waals surface area contributed by atoms with Gasteiger partial charge in [0.2, 0.25) is 15.9 Å². The van der Waals surface area contributed by atoms with Gasteiger partial charge in [0.05, 0.1) is 11.0 Å². The first-order valence-corrected chi connectivity index (χ1v) is 14.3. The van der Waals surface area contributed by atoms with Crippen molar-refractivity contribution in [2.45, 2.75) is 69.2 Å². The number of benzene rings is 2. The van der Waals surface area contributed by atoms with Crippen molar-refractivity contribution in [1.82, 2.24) is 14.5 Å². The Hall–Kier alpha value is -3.48. The van der Waals surface area contributed by atoms with Crippen molar-refractivity contribution >= 4 is 28.0 Å². The van der Waals surface area contributed by atoms with E-state index in [1.165, 1.54) is 17.0 Å². The number of amides is 2. The van der Waals surface area contributed by atoms with Gasteiger partial charge >= 0.3 is 12.1 Å². The summed E-state index contributed by atoms with van der Waals surface area (Å²) in [6.07, 6.45) is -1.68. The molecule has 218 valence electrons. The van der Waals surface area contributed by atoms with Gasteiger partial charge < -0.3 is 24.8 Å². The Morgan fingerprint density at radius 3 is 2.23 bits per heavy atom. The molecule has 12 heteroatoms. The van der Waals surface area contributed by atoms with Crippen LogP contribution >= 0.6 is 0 Å². The molecule has 2 aromatic carbocycles. The van der Waals surface area contributed by atoms with Gasteiger partial charge in [0.25, 0.3) is 0 Å². The van der Waals surface area contributed by atoms with E-state index in [-0.39, 0.29) is 24.3 Å². The van der Waals surface area contributed by atoms with Crippen molar-refractivity contribution < 1.29 is 37.4 Å². The lowest BCUT2D eigenvalue weighted by atomic mass is 10.0. The second-order valence-electron chi connectivity index (χ2n) is 11.0. The zero-order valence-corrected chi connectivity index (χ0v) is 24.4. The van der Waals surface area contributed by atoms with E-state index >= 15 is 0 Å². The monoisotopic (exact) mass is 575 g/mol. The molecular formula is C28H37N3O8S. The highest BCUT2D eigenvalue weighted by atomic mass is 32.2. The minimum absolute atomic E-state index is 0.00347. The van der Waals surface area contributed by atoms with Crippen LogP contribution in [0.2, 0.25) is 0 Å². The molecule has 1 fully saturated rings. The molecule has 1 unspecified atom stereocenters. The largest absolute Gasteiger partial charge is 0.458 e. The summed E-state index contributed by atoms with van der Waals surface area (Å²) in [4.78, 5) is 39.6. The summed E-state index contributed by atoms with van der Waals surface area (Å²) in [6.45, 7) is 6.66. The molecule has 1 aliphatic rings. The minimum Gasteiger partial charge on any atom is -0.458 e. The Morgan fingerprint density at radius 1 is 1.07 bits per heavy atom. The Morgan fingerprint density at radius 2 is 1.68 bits per heavy atom. The van der Waals surface area contributed by atoms with E-state index in [9.17, 15) is 27.9 Å². The fourth-order valence-electron chi connectivity index (χ4n) is 4.09. The fourth-order valence-corrected chi connectivity index (χ4v) is 5.73. The van der Waals surface area contributed by atoms with Gasteiger partial charge in [-0.2, -0.15) is 4.31 Å². The van der Waals surface area contributed by atoms with Crippen LogP contribution in [0.15, 0.2) is 53.4 Å². The molecule has 0 radical (unpaired) electrons. The zero-order chi connectivity index (χ0) is 29.8. The maximum absolute atomic E-state index is 13.4. The molecule has 3 atom stereocenters. The molecule has 2 N–H and O–H groups in total. The van der Waals surface area contributed by atoms with E-state index < -0.39 is 51.8 Å². The topological polar surface area (TPSA) is 143 Å². The molecule has 3 rings (SSSR count). The van der Waals surface area contributed by atoms with Gasteiger partial charge in [0.15, 0.2) is 0 Å². The number of aliphatic hydroxyl groups is 1. The molecule has 0 bridgehead atoms. The maximum atomic E-state index is 13.4. The first kappa shape index (κ1) is 31.1. The number of β-amino-alcohol motifs (C(OH)–C–C–N with tert-alkyl or cyclic N) is 1. The summed E-state index contributed by atoms with van der Waals surface area (Å²) < 4.78 is 38.4. The summed E-state index contributed by atoms with van der Waals surface area (Å²) >= 11 is 0. The Labute approximate surface area is 235 Å². The predicted octanol–water partition coefficient (Wildman–Crippen LogP) is 2.25. The molecule has 0 aliphatic carbocycles. The van der Waals surface area contributed by atoms with Crippen LogP contribution in [0.25, 0.3) is 0 Å². The van der Waals surface area contributed by atoms with Crippen molar-refractivity contribution in [2.24, 2.45) is 0 Å². The number of carbonyl (C=O) groups is 3. The summed E-state index contributed by atoms with van der Waals surface area (Å²) in [5.74, 6) is -1.12. The standard InChI is InChI=1S/C28H37N3O8S/c1-18-7-13-22(14-8-18)40(36,37)31-17-20(32)16-24(31)25(33)29-23(26(34)39-28(2,3)4)15-19-9-11-21(12-10-19)38-27(35)30(5)6/h7-14,20,23-24,32H,15-17H2,1-6H3,(H,29,33)/t20?,23-,24-/m0/s1. The summed E-state index contributed by atoms with van der Waals surface area (Å²) in [6, 6.07) is 10.3. The van der Waals surface area contributed by atoms with Crippen molar-refractivity contribution in [3.63, 3.8) is 0 Å². The van der Waals surface area contributed by atoms with Gasteiger partial charge in [-0.3, -0.25) is 4.79 Å². The summed E-state index contributed by atoms with van der Waals surface area (Å²) in [5, 5.41) is 13.0. The second kappa shape index (κ2) is 12.4. The van der Waals surface area contributed by atoms with Gasteiger partial charge in [-0.05, 0) is 57.5 Å². The van der Waals surface area contributed by atoms with Gasteiger partial charge in [0.1, 0.15) is 23.4 Å². The molecule has 40 heavy (non-hydrogen) atoms. The van der Waals surface area contributed by atoms with E-state index in [1.54, 1.807) is 71.3 Å². The highest BCUT2D eigenvalue weighted by molar-refractivity contribution is 7.89. The van der Waals surface area contributed by atoms with Crippen LogP contribution in [0.4, 0.5) is 4.79 Å². The third kappa shape index (κ3) is 8.03. The predicted molar refractivity (Wildman–Crippen MR) is 147 cm³/mol. The summed E-state index contributed by atoms with van der Waals surface area (Å²) in [5.41, 5.74) is 0.671.